The van der Waals surface area contributed by atoms with Gasteiger partial charge in [0.25, 0.3) is 0 Å². The quantitative estimate of drug-likeness (QED) is 0.409. The minimum atomic E-state index is -0.681. The lowest BCUT2D eigenvalue weighted by Crippen LogP contribution is -2.42. The molecule has 2 fully saturated rings. The number of carbonyl (C=O) groups is 1. The predicted molar refractivity (Wildman–Crippen MR) is 153 cm³/mol. The second kappa shape index (κ2) is 11.6. The molecule has 0 radical (unpaired) electrons. The van der Waals surface area contributed by atoms with Gasteiger partial charge in [0.2, 0.25) is 0 Å². The van der Waals surface area contributed by atoms with Crippen molar-refractivity contribution in [1.82, 2.24) is 4.90 Å². The molecule has 0 amide bonds. The van der Waals surface area contributed by atoms with Crippen LogP contribution in [0.2, 0.25) is 5.02 Å². The van der Waals surface area contributed by atoms with E-state index in [4.69, 9.17) is 16.4 Å². The SMILES string of the molecule is CC1CC=C(c2ccc(C3CCCCC3)c(Cl)c2)ON=C1c1ccc(CN2CCC(C)(C(=O)O)CC2)cc1. The van der Waals surface area contributed by atoms with E-state index < -0.39 is 11.4 Å². The number of likely N-dealkylation sites (tertiary alicyclic amines) is 1. The molecule has 0 aromatic heterocycles. The van der Waals surface area contributed by atoms with Crippen LogP contribution in [0.25, 0.3) is 5.76 Å². The van der Waals surface area contributed by atoms with E-state index in [1.807, 2.05) is 13.0 Å². The molecule has 1 saturated carbocycles. The van der Waals surface area contributed by atoms with E-state index in [0.717, 1.165) is 53.7 Å². The lowest BCUT2D eigenvalue weighted by molar-refractivity contribution is -0.150. The molecule has 2 aliphatic heterocycles. The molecule has 1 unspecified atom stereocenters. The van der Waals surface area contributed by atoms with E-state index in [0.29, 0.717) is 18.8 Å². The van der Waals surface area contributed by atoms with Gasteiger partial charge in [-0.1, -0.05) is 79.3 Å². The van der Waals surface area contributed by atoms with Gasteiger partial charge in [0.15, 0.2) is 5.76 Å². The number of nitrogens with zero attached hydrogens (tertiary/aromatic N) is 2. The van der Waals surface area contributed by atoms with Gasteiger partial charge in [-0.05, 0) is 86.9 Å². The normalized spacial score (nSPS) is 22.7. The first-order valence-corrected chi connectivity index (χ1v) is 14.5. The van der Waals surface area contributed by atoms with Gasteiger partial charge in [-0.25, -0.2) is 0 Å². The molecule has 1 aliphatic carbocycles. The molecule has 5 rings (SSSR count). The Balaban J connectivity index is 1.23. The van der Waals surface area contributed by atoms with Gasteiger partial charge in [0.1, 0.15) is 0 Å². The van der Waals surface area contributed by atoms with Crippen molar-refractivity contribution < 1.29 is 14.7 Å². The summed E-state index contributed by atoms with van der Waals surface area (Å²) in [6, 6.07) is 14.9. The fraction of sp³-hybridized carbons (Fsp3) is 0.500. The molecule has 1 N–H and O–H groups in total. The van der Waals surface area contributed by atoms with Crippen molar-refractivity contribution in [2.75, 3.05) is 13.1 Å². The van der Waals surface area contributed by atoms with Crippen LogP contribution in [0.5, 0.6) is 0 Å². The maximum Gasteiger partial charge on any atom is 0.309 e. The van der Waals surface area contributed by atoms with Crippen molar-refractivity contribution >= 4 is 29.0 Å². The van der Waals surface area contributed by atoms with E-state index in [1.54, 1.807) is 0 Å². The number of carboxylic acid groups (broad SMARTS) is 1. The van der Waals surface area contributed by atoms with Gasteiger partial charge in [0.05, 0.1) is 11.1 Å². The summed E-state index contributed by atoms with van der Waals surface area (Å²) in [4.78, 5) is 19.9. The summed E-state index contributed by atoms with van der Waals surface area (Å²) in [5.41, 5.74) is 4.89. The van der Waals surface area contributed by atoms with Crippen LogP contribution in [0.4, 0.5) is 0 Å². The molecule has 2 aromatic carbocycles. The van der Waals surface area contributed by atoms with Crippen molar-refractivity contribution in [3.05, 3.63) is 75.8 Å². The Kier molecular flexibility index (Phi) is 8.25. The number of oxime groups is 1. The largest absolute Gasteiger partial charge is 0.481 e. The van der Waals surface area contributed by atoms with Crippen LogP contribution in [-0.2, 0) is 16.2 Å². The highest BCUT2D eigenvalue weighted by atomic mass is 35.5. The first-order valence-electron chi connectivity index (χ1n) is 14.1. The first kappa shape index (κ1) is 27.0. The van der Waals surface area contributed by atoms with Crippen molar-refractivity contribution in [3.8, 4) is 0 Å². The molecule has 2 heterocycles. The summed E-state index contributed by atoms with van der Waals surface area (Å²) in [5.74, 6) is 0.881. The van der Waals surface area contributed by atoms with Crippen molar-refractivity contribution in [1.29, 1.82) is 0 Å². The van der Waals surface area contributed by atoms with Crippen molar-refractivity contribution in [2.45, 2.75) is 77.7 Å². The zero-order valence-corrected chi connectivity index (χ0v) is 23.3. The van der Waals surface area contributed by atoms with E-state index in [-0.39, 0.29) is 5.92 Å². The van der Waals surface area contributed by atoms with E-state index in [9.17, 15) is 9.90 Å². The summed E-state index contributed by atoms with van der Waals surface area (Å²) in [6.07, 6.45) is 10.7. The number of allylic oxidation sites excluding steroid dienone is 1. The first-order chi connectivity index (χ1) is 18.3. The molecule has 202 valence electrons. The van der Waals surface area contributed by atoms with Gasteiger partial charge in [-0.3, -0.25) is 9.69 Å². The summed E-state index contributed by atoms with van der Waals surface area (Å²) < 4.78 is 0. The molecule has 0 spiro atoms. The van der Waals surface area contributed by atoms with E-state index in [2.05, 4.69) is 59.5 Å². The van der Waals surface area contributed by atoms with Crippen LogP contribution in [0.3, 0.4) is 0 Å². The lowest BCUT2D eigenvalue weighted by Gasteiger charge is -2.36. The summed E-state index contributed by atoms with van der Waals surface area (Å²) in [6.45, 7) is 6.49. The number of hydrogen-bond donors (Lipinski definition) is 1. The Morgan fingerprint density at radius 1 is 1.08 bits per heavy atom. The zero-order chi connectivity index (χ0) is 26.7. The third-order valence-electron chi connectivity index (χ3n) is 8.83. The maximum atomic E-state index is 11.5. The molecule has 1 saturated heterocycles. The molecule has 2 aromatic rings. The smallest absolute Gasteiger partial charge is 0.309 e. The van der Waals surface area contributed by atoms with Gasteiger partial charge in [0, 0.05) is 23.0 Å². The van der Waals surface area contributed by atoms with Crippen LogP contribution >= 0.6 is 11.6 Å². The second-order valence-electron chi connectivity index (χ2n) is 11.7. The molecule has 1 atom stereocenters. The topological polar surface area (TPSA) is 62.1 Å². The minimum Gasteiger partial charge on any atom is -0.481 e. The Morgan fingerprint density at radius 2 is 1.76 bits per heavy atom. The Hall–Kier alpha value is -2.63. The highest BCUT2D eigenvalue weighted by Crippen LogP contribution is 2.38. The maximum absolute atomic E-state index is 11.5. The molecule has 3 aliphatic rings. The third kappa shape index (κ3) is 6.00. The molecule has 0 bridgehead atoms. The van der Waals surface area contributed by atoms with Crippen LogP contribution in [0.15, 0.2) is 53.7 Å². The fourth-order valence-electron chi connectivity index (χ4n) is 6.01. The van der Waals surface area contributed by atoms with Gasteiger partial charge in [-0.15, -0.1) is 0 Å². The monoisotopic (exact) mass is 534 g/mol. The molecule has 38 heavy (non-hydrogen) atoms. The molecule has 5 nitrogen and oxygen atoms in total. The number of benzene rings is 2. The van der Waals surface area contributed by atoms with E-state index >= 15 is 0 Å². The zero-order valence-electron chi connectivity index (χ0n) is 22.6. The Bertz CT molecular complexity index is 1210. The van der Waals surface area contributed by atoms with Crippen molar-refractivity contribution in [2.24, 2.45) is 16.5 Å². The number of hydrogen-bond acceptors (Lipinski definition) is 4. The Morgan fingerprint density at radius 3 is 2.42 bits per heavy atom. The van der Waals surface area contributed by atoms with Crippen LogP contribution < -0.4 is 0 Å². The summed E-state index contributed by atoms with van der Waals surface area (Å²) in [5, 5.41) is 14.9. The van der Waals surface area contributed by atoms with E-state index in [1.165, 1.54) is 43.2 Å². The van der Waals surface area contributed by atoms with Crippen molar-refractivity contribution in [3.63, 3.8) is 0 Å². The number of piperidine rings is 1. The summed E-state index contributed by atoms with van der Waals surface area (Å²) >= 11 is 6.74. The average molecular weight is 535 g/mol. The standard InChI is InChI=1S/C32H39ClN2O3/c1-22-8-15-29(26-13-14-27(28(33)20-26)24-6-4-3-5-7-24)38-34-30(22)25-11-9-23(10-12-25)21-35-18-16-32(2,17-19-35)31(36)37/h9-15,20,22,24H,3-8,16-19,21H2,1-2H3,(H,36,37). The van der Waals surface area contributed by atoms with Gasteiger partial charge < -0.3 is 9.94 Å². The molecular weight excluding hydrogens is 496 g/mol. The molecular formula is C32H39ClN2O3. The number of halogens is 1. The average Bonchev–Trinajstić information content (AvgIpc) is 3.12. The van der Waals surface area contributed by atoms with Gasteiger partial charge in [-0.2, -0.15) is 0 Å². The van der Waals surface area contributed by atoms with Crippen LogP contribution in [0, 0.1) is 11.3 Å². The highest BCUT2D eigenvalue weighted by molar-refractivity contribution is 6.31. The van der Waals surface area contributed by atoms with Crippen LogP contribution in [0.1, 0.15) is 93.4 Å². The lowest BCUT2D eigenvalue weighted by atomic mass is 9.80. The van der Waals surface area contributed by atoms with Crippen LogP contribution in [-0.4, -0.2) is 34.8 Å². The molecule has 6 heteroatoms. The summed E-state index contributed by atoms with van der Waals surface area (Å²) in [7, 11) is 0. The Labute approximate surface area is 231 Å². The number of aliphatic carboxylic acids is 1. The number of carboxylic acids is 1. The van der Waals surface area contributed by atoms with Gasteiger partial charge >= 0.3 is 5.97 Å². The minimum absolute atomic E-state index is 0.228. The third-order valence-corrected chi connectivity index (χ3v) is 9.16. The predicted octanol–water partition coefficient (Wildman–Crippen LogP) is 7.88. The number of rotatable bonds is 6. The fourth-order valence-corrected chi connectivity index (χ4v) is 6.35. The highest BCUT2D eigenvalue weighted by Gasteiger charge is 2.36. The second-order valence-corrected chi connectivity index (χ2v) is 12.1.